The lowest BCUT2D eigenvalue weighted by atomic mass is 10.1. The van der Waals surface area contributed by atoms with E-state index in [1.54, 1.807) is 0 Å². The number of hydrogen-bond acceptors (Lipinski definition) is 1. The van der Waals surface area contributed by atoms with Crippen LogP contribution in [0.1, 0.15) is 81.6 Å². The Morgan fingerprint density at radius 3 is 1.50 bits per heavy atom. The molecule has 102 valence electrons. The molecule has 0 spiro atoms. The molecule has 0 radical (unpaired) electrons. The Balaban J connectivity index is -0.000000376. The van der Waals surface area contributed by atoms with Gasteiger partial charge in [-0.2, -0.15) is 0 Å². The smallest absolute Gasteiger partial charge is 0.00695 e. The number of hydrogen-bond donors (Lipinski definition) is 0. The monoisotopic (exact) mass is 231 g/mol. The molecule has 0 aliphatic carbocycles. The summed E-state index contributed by atoms with van der Waals surface area (Å²) in [5.74, 6) is 0. The van der Waals surface area contributed by atoms with Gasteiger partial charge >= 0.3 is 0 Å². The second-order valence-corrected chi connectivity index (χ2v) is 3.97. The van der Waals surface area contributed by atoms with Crippen LogP contribution in [0.25, 0.3) is 0 Å². The van der Waals surface area contributed by atoms with E-state index in [0.717, 1.165) is 6.04 Å². The van der Waals surface area contributed by atoms with Crippen molar-refractivity contribution in [1.29, 1.82) is 0 Å². The molecule has 0 fully saturated rings. The lowest BCUT2D eigenvalue weighted by molar-refractivity contribution is 0.156. The van der Waals surface area contributed by atoms with Gasteiger partial charge in [-0.15, -0.1) is 0 Å². The van der Waals surface area contributed by atoms with Crippen LogP contribution in [-0.4, -0.2) is 23.5 Å². The van der Waals surface area contributed by atoms with Crippen LogP contribution < -0.4 is 0 Å². The van der Waals surface area contributed by atoms with Crippen LogP contribution in [0.5, 0.6) is 0 Å². The van der Waals surface area contributed by atoms with E-state index in [4.69, 9.17) is 0 Å². The Morgan fingerprint density at radius 2 is 1.25 bits per heavy atom. The second-order valence-electron chi connectivity index (χ2n) is 3.97. The molecule has 0 bridgehead atoms. The summed E-state index contributed by atoms with van der Waals surface area (Å²) in [6.07, 6.45) is 3.90. The van der Waals surface area contributed by atoms with Crippen LogP contribution in [-0.2, 0) is 0 Å². The summed E-state index contributed by atoms with van der Waals surface area (Å²) in [5.41, 5.74) is 0. The van der Waals surface area contributed by atoms with Gasteiger partial charge in [0, 0.05) is 12.1 Å². The average molecular weight is 231 g/mol. The molecular formula is C15H37N. The highest BCUT2D eigenvalue weighted by Gasteiger charge is 2.14. The van der Waals surface area contributed by atoms with Gasteiger partial charge in [0.15, 0.2) is 0 Å². The summed E-state index contributed by atoms with van der Waals surface area (Å²) in [7, 11) is 0. The highest BCUT2D eigenvalue weighted by atomic mass is 15.2. The first-order valence-corrected chi connectivity index (χ1v) is 7.39. The van der Waals surface area contributed by atoms with Gasteiger partial charge in [0.25, 0.3) is 0 Å². The molecule has 0 N–H and O–H groups in total. The van der Waals surface area contributed by atoms with Crippen molar-refractivity contribution >= 4 is 0 Å². The van der Waals surface area contributed by atoms with E-state index in [-0.39, 0.29) is 0 Å². The highest BCUT2D eigenvalue weighted by molar-refractivity contribution is 4.69. The van der Waals surface area contributed by atoms with E-state index >= 15 is 0 Å². The molecular weight excluding hydrogens is 194 g/mol. The van der Waals surface area contributed by atoms with Crippen molar-refractivity contribution in [2.75, 3.05) is 6.54 Å². The first kappa shape index (κ1) is 21.3. The van der Waals surface area contributed by atoms with Gasteiger partial charge in [0.05, 0.1) is 0 Å². The lowest BCUT2D eigenvalue weighted by Crippen LogP contribution is -2.39. The van der Waals surface area contributed by atoms with Crippen LogP contribution in [0, 0.1) is 0 Å². The zero-order chi connectivity index (χ0) is 13.6. The predicted octanol–water partition coefficient (Wildman–Crippen LogP) is 5.35. The number of nitrogens with zero attached hydrogens (tertiary/aromatic N) is 1. The Hall–Kier alpha value is -0.0400. The predicted molar refractivity (Wildman–Crippen MR) is 79.2 cm³/mol. The van der Waals surface area contributed by atoms with Gasteiger partial charge in [0.2, 0.25) is 0 Å². The molecule has 0 aromatic carbocycles. The SMILES string of the molecule is CC.CC.CCCC(C)N(CCC)C(C)C. The summed E-state index contributed by atoms with van der Waals surface area (Å²) in [6, 6.07) is 1.46. The molecule has 0 amide bonds. The maximum absolute atomic E-state index is 2.60. The van der Waals surface area contributed by atoms with E-state index < -0.39 is 0 Å². The Bertz CT molecular complexity index is 99.6. The van der Waals surface area contributed by atoms with Crippen molar-refractivity contribution in [1.82, 2.24) is 4.90 Å². The molecule has 0 saturated heterocycles. The number of rotatable bonds is 6. The fourth-order valence-electron chi connectivity index (χ4n) is 1.83. The van der Waals surface area contributed by atoms with Crippen LogP contribution >= 0.6 is 0 Å². The van der Waals surface area contributed by atoms with E-state index in [0.29, 0.717) is 6.04 Å². The van der Waals surface area contributed by atoms with Crippen molar-refractivity contribution in [2.24, 2.45) is 0 Å². The Kier molecular flexibility index (Phi) is 23.1. The van der Waals surface area contributed by atoms with Gasteiger partial charge in [-0.3, -0.25) is 4.90 Å². The standard InChI is InChI=1S/C11H25N.2C2H6/c1-6-8-11(5)12(9-7-2)10(3)4;2*1-2/h10-11H,6-9H2,1-5H3;2*1-2H3. The third kappa shape index (κ3) is 12.0. The molecule has 1 atom stereocenters. The third-order valence-corrected chi connectivity index (χ3v) is 2.42. The van der Waals surface area contributed by atoms with Crippen molar-refractivity contribution in [3.05, 3.63) is 0 Å². The summed E-state index contributed by atoms with van der Waals surface area (Å²) in [5, 5.41) is 0. The molecule has 0 aliphatic rings. The minimum atomic E-state index is 0.700. The molecule has 0 aliphatic heterocycles. The van der Waals surface area contributed by atoms with Crippen LogP contribution in [0.4, 0.5) is 0 Å². The van der Waals surface area contributed by atoms with E-state index in [9.17, 15) is 0 Å². The third-order valence-electron chi connectivity index (χ3n) is 2.42. The van der Waals surface area contributed by atoms with Gasteiger partial charge in [0.1, 0.15) is 0 Å². The highest BCUT2D eigenvalue weighted by Crippen LogP contribution is 2.10. The molecule has 0 aromatic heterocycles. The van der Waals surface area contributed by atoms with Gasteiger partial charge in [-0.05, 0) is 40.2 Å². The lowest BCUT2D eigenvalue weighted by Gasteiger charge is -2.32. The van der Waals surface area contributed by atoms with Crippen LogP contribution in [0.3, 0.4) is 0 Å². The summed E-state index contributed by atoms with van der Waals surface area (Å²) in [6.45, 7) is 20.7. The van der Waals surface area contributed by atoms with Crippen molar-refractivity contribution in [3.63, 3.8) is 0 Å². The maximum atomic E-state index is 2.60. The zero-order valence-corrected chi connectivity index (χ0v) is 13.4. The molecule has 0 saturated carbocycles. The average Bonchev–Trinajstić information content (AvgIpc) is 2.31. The first-order valence-electron chi connectivity index (χ1n) is 7.39. The summed E-state index contributed by atoms with van der Waals surface area (Å²) in [4.78, 5) is 2.60. The minimum Gasteiger partial charge on any atom is -0.298 e. The van der Waals surface area contributed by atoms with Crippen LogP contribution in [0.15, 0.2) is 0 Å². The fraction of sp³-hybridized carbons (Fsp3) is 1.00. The quantitative estimate of drug-likeness (QED) is 0.596. The topological polar surface area (TPSA) is 3.24 Å². The van der Waals surface area contributed by atoms with Crippen molar-refractivity contribution in [2.45, 2.75) is 93.7 Å². The first-order chi connectivity index (χ1) is 7.63. The molecule has 0 heterocycles. The van der Waals surface area contributed by atoms with Crippen molar-refractivity contribution in [3.8, 4) is 0 Å². The van der Waals surface area contributed by atoms with Crippen molar-refractivity contribution < 1.29 is 0 Å². The van der Waals surface area contributed by atoms with E-state index in [2.05, 4.69) is 39.5 Å². The van der Waals surface area contributed by atoms with Gasteiger partial charge in [-0.1, -0.05) is 48.0 Å². The Morgan fingerprint density at radius 1 is 0.812 bits per heavy atom. The second kappa shape index (κ2) is 17.4. The summed E-state index contributed by atoms with van der Waals surface area (Å²) < 4.78 is 0. The molecule has 1 unspecified atom stereocenters. The van der Waals surface area contributed by atoms with E-state index in [1.165, 1.54) is 25.8 Å². The molecule has 0 aromatic rings. The van der Waals surface area contributed by atoms with E-state index in [1.807, 2.05) is 27.7 Å². The van der Waals surface area contributed by atoms with Crippen LogP contribution in [0.2, 0.25) is 0 Å². The molecule has 1 nitrogen and oxygen atoms in total. The largest absolute Gasteiger partial charge is 0.298 e. The maximum Gasteiger partial charge on any atom is 0.00695 e. The minimum absolute atomic E-state index is 0.700. The van der Waals surface area contributed by atoms with Gasteiger partial charge in [-0.25, -0.2) is 0 Å². The summed E-state index contributed by atoms with van der Waals surface area (Å²) >= 11 is 0. The fourth-order valence-corrected chi connectivity index (χ4v) is 1.83. The molecule has 16 heavy (non-hydrogen) atoms. The normalized spacial score (nSPS) is 11.4. The van der Waals surface area contributed by atoms with Gasteiger partial charge < -0.3 is 0 Å². The molecule has 0 rings (SSSR count). The Labute approximate surface area is 106 Å². The molecule has 1 heteroatoms. The zero-order valence-electron chi connectivity index (χ0n) is 13.4.